The molecule has 1 aromatic heterocycles. The lowest BCUT2D eigenvalue weighted by Crippen LogP contribution is -2.56. The second-order valence-electron chi connectivity index (χ2n) is 6.06. The van der Waals surface area contributed by atoms with Crippen molar-refractivity contribution >= 4 is 40.9 Å². The molecule has 1 atom stereocenters. The second-order valence-corrected chi connectivity index (χ2v) is 8.46. The van der Waals surface area contributed by atoms with Gasteiger partial charge in [0, 0.05) is 19.5 Å². The van der Waals surface area contributed by atoms with Gasteiger partial charge in [-0.05, 0) is 19.8 Å². The van der Waals surface area contributed by atoms with E-state index < -0.39 is 17.4 Å². The highest BCUT2D eigenvalue weighted by atomic mass is 32.2. The molecule has 0 unspecified atom stereocenters. The number of aromatic nitrogens is 2. The molecule has 24 heavy (non-hydrogen) atoms. The SMILES string of the molecule is Cc1nnc(SCC(=O)N2CCC3(CC2)NC(=O)C[C@H]3C(=O)O)s1. The molecule has 2 saturated heterocycles. The average molecular weight is 370 g/mol. The summed E-state index contributed by atoms with van der Waals surface area (Å²) in [5, 5.41) is 20.9. The Morgan fingerprint density at radius 3 is 2.71 bits per heavy atom. The van der Waals surface area contributed by atoms with Gasteiger partial charge in [0.05, 0.1) is 17.2 Å². The van der Waals surface area contributed by atoms with Crippen LogP contribution in [0.5, 0.6) is 0 Å². The average Bonchev–Trinajstić information content (AvgIpc) is 3.09. The summed E-state index contributed by atoms with van der Waals surface area (Å²) in [6.45, 7) is 2.78. The zero-order chi connectivity index (χ0) is 17.3. The number of nitrogens with zero attached hydrogens (tertiary/aromatic N) is 3. The van der Waals surface area contributed by atoms with Gasteiger partial charge >= 0.3 is 5.97 Å². The lowest BCUT2D eigenvalue weighted by Gasteiger charge is -2.41. The molecule has 3 rings (SSSR count). The van der Waals surface area contributed by atoms with E-state index in [0.717, 1.165) is 9.35 Å². The number of likely N-dealkylation sites (tertiary alicyclic amines) is 1. The van der Waals surface area contributed by atoms with Gasteiger partial charge in [-0.2, -0.15) is 0 Å². The lowest BCUT2D eigenvalue weighted by atomic mass is 9.78. The Balaban J connectivity index is 1.55. The first-order chi connectivity index (χ1) is 11.4. The maximum absolute atomic E-state index is 12.3. The molecule has 3 heterocycles. The molecule has 0 saturated carbocycles. The second kappa shape index (κ2) is 6.67. The van der Waals surface area contributed by atoms with Gasteiger partial charge in [0.25, 0.3) is 0 Å². The number of carboxylic acids is 1. The number of hydrogen-bond donors (Lipinski definition) is 2. The molecule has 0 aliphatic carbocycles. The van der Waals surface area contributed by atoms with Crippen LogP contribution in [0.3, 0.4) is 0 Å². The summed E-state index contributed by atoms with van der Waals surface area (Å²) in [6, 6.07) is 0. The molecule has 2 fully saturated rings. The van der Waals surface area contributed by atoms with Crippen molar-refractivity contribution in [1.29, 1.82) is 0 Å². The molecule has 1 aromatic rings. The highest BCUT2D eigenvalue weighted by Crippen LogP contribution is 2.37. The van der Waals surface area contributed by atoms with Crippen molar-refractivity contribution in [2.45, 2.75) is 36.1 Å². The van der Waals surface area contributed by atoms with Crippen LogP contribution in [0.2, 0.25) is 0 Å². The molecule has 0 aromatic carbocycles. The zero-order valence-electron chi connectivity index (χ0n) is 13.2. The number of piperidine rings is 1. The molecule has 0 bridgehead atoms. The number of amides is 2. The smallest absolute Gasteiger partial charge is 0.309 e. The molecule has 1 spiro atoms. The summed E-state index contributed by atoms with van der Waals surface area (Å²) >= 11 is 2.82. The summed E-state index contributed by atoms with van der Waals surface area (Å²) in [4.78, 5) is 37.1. The molecule has 0 radical (unpaired) electrons. The van der Waals surface area contributed by atoms with Gasteiger partial charge in [0.2, 0.25) is 11.8 Å². The molecule has 10 heteroatoms. The Bertz CT molecular complexity index is 669. The van der Waals surface area contributed by atoms with E-state index >= 15 is 0 Å². The molecule has 8 nitrogen and oxygen atoms in total. The lowest BCUT2D eigenvalue weighted by molar-refractivity contribution is -0.145. The van der Waals surface area contributed by atoms with Gasteiger partial charge in [-0.25, -0.2) is 0 Å². The van der Waals surface area contributed by atoms with Crippen molar-refractivity contribution in [3.63, 3.8) is 0 Å². The Labute approximate surface area is 147 Å². The van der Waals surface area contributed by atoms with E-state index in [4.69, 9.17) is 0 Å². The van der Waals surface area contributed by atoms with Crippen LogP contribution in [0.4, 0.5) is 0 Å². The number of carbonyl (C=O) groups is 3. The van der Waals surface area contributed by atoms with Crippen LogP contribution in [0.15, 0.2) is 4.34 Å². The standard InChI is InChI=1S/C14H18N4O4S2/c1-8-16-17-13(24-8)23-7-11(20)18-4-2-14(3-5-18)9(12(21)22)6-10(19)15-14/h9H,2-7H2,1H3,(H,15,19)(H,21,22)/t9-/m0/s1. The third-order valence-electron chi connectivity index (χ3n) is 4.58. The molecule has 2 N–H and O–H groups in total. The molecular formula is C14H18N4O4S2. The Morgan fingerprint density at radius 2 is 2.12 bits per heavy atom. The number of thioether (sulfide) groups is 1. The summed E-state index contributed by atoms with van der Waals surface area (Å²) < 4.78 is 0.767. The number of rotatable bonds is 4. The first-order valence-corrected chi connectivity index (χ1v) is 9.44. The molecule has 2 aliphatic rings. The first-order valence-electron chi connectivity index (χ1n) is 7.64. The van der Waals surface area contributed by atoms with Crippen molar-refractivity contribution in [3.8, 4) is 0 Å². The van der Waals surface area contributed by atoms with E-state index in [9.17, 15) is 19.5 Å². The minimum absolute atomic E-state index is 0.00102. The maximum atomic E-state index is 12.3. The fraction of sp³-hybridized carbons (Fsp3) is 0.643. The topological polar surface area (TPSA) is 112 Å². The van der Waals surface area contributed by atoms with Crippen LogP contribution in [-0.2, 0) is 14.4 Å². The number of carboxylic acid groups (broad SMARTS) is 1. The summed E-state index contributed by atoms with van der Waals surface area (Å²) in [6.07, 6.45) is 0.976. The predicted molar refractivity (Wildman–Crippen MR) is 87.8 cm³/mol. The normalized spacial score (nSPS) is 22.6. The summed E-state index contributed by atoms with van der Waals surface area (Å²) in [7, 11) is 0. The number of aryl methyl sites for hydroxylation is 1. The summed E-state index contributed by atoms with van der Waals surface area (Å²) in [5.41, 5.74) is -0.705. The highest BCUT2D eigenvalue weighted by molar-refractivity contribution is 8.01. The van der Waals surface area contributed by atoms with Crippen molar-refractivity contribution in [1.82, 2.24) is 20.4 Å². The van der Waals surface area contributed by atoms with Crippen LogP contribution in [0.25, 0.3) is 0 Å². The van der Waals surface area contributed by atoms with Crippen molar-refractivity contribution < 1.29 is 19.5 Å². The minimum atomic E-state index is -0.949. The van der Waals surface area contributed by atoms with E-state index in [1.54, 1.807) is 4.90 Å². The Kier molecular flexibility index (Phi) is 4.77. The van der Waals surface area contributed by atoms with E-state index in [2.05, 4.69) is 15.5 Å². The number of carbonyl (C=O) groups excluding carboxylic acids is 2. The number of nitrogens with one attached hydrogen (secondary N) is 1. The molecule has 2 amide bonds. The van der Waals surface area contributed by atoms with Gasteiger partial charge < -0.3 is 15.3 Å². The van der Waals surface area contributed by atoms with E-state index in [1.165, 1.54) is 23.1 Å². The van der Waals surface area contributed by atoms with E-state index in [1.807, 2.05) is 6.92 Å². The van der Waals surface area contributed by atoms with Crippen molar-refractivity contribution in [2.24, 2.45) is 5.92 Å². The molecule has 2 aliphatic heterocycles. The van der Waals surface area contributed by atoms with E-state index in [0.29, 0.717) is 25.9 Å². The molecule has 130 valence electrons. The molecular weight excluding hydrogens is 352 g/mol. The predicted octanol–water partition coefficient (Wildman–Crippen LogP) is 0.521. The highest BCUT2D eigenvalue weighted by Gasteiger charge is 2.51. The number of aliphatic carboxylic acids is 1. The van der Waals surface area contributed by atoms with Gasteiger partial charge in [-0.15, -0.1) is 10.2 Å². The monoisotopic (exact) mass is 370 g/mol. The van der Waals surface area contributed by atoms with E-state index in [-0.39, 0.29) is 24.0 Å². The van der Waals surface area contributed by atoms with Crippen LogP contribution in [-0.4, -0.2) is 62.4 Å². The zero-order valence-corrected chi connectivity index (χ0v) is 14.8. The van der Waals surface area contributed by atoms with Crippen molar-refractivity contribution in [2.75, 3.05) is 18.8 Å². The van der Waals surface area contributed by atoms with Crippen LogP contribution in [0.1, 0.15) is 24.3 Å². The third-order valence-corrected chi connectivity index (χ3v) is 6.53. The van der Waals surface area contributed by atoms with Crippen molar-refractivity contribution in [3.05, 3.63) is 5.01 Å². The third kappa shape index (κ3) is 3.39. The number of hydrogen-bond acceptors (Lipinski definition) is 7. The first kappa shape index (κ1) is 17.2. The van der Waals surface area contributed by atoms with Crippen LogP contribution < -0.4 is 5.32 Å². The van der Waals surface area contributed by atoms with Gasteiger partial charge in [0.1, 0.15) is 5.01 Å². The fourth-order valence-electron chi connectivity index (χ4n) is 3.30. The quantitative estimate of drug-likeness (QED) is 0.743. The largest absolute Gasteiger partial charge is 0.481 e. The Morgan fingerprint density at radius 1 is 1.42 bits per heavy atom. The fourth-order valence-corrected chi connectivity index (χ4v) is 5.02. The van der Waals surface area contributed by atoms with Gasteiger partial charge in [0.15, 0.2) is 4.34 Å². The van der Waals surface area contributed by atoms with Gasteiger partial charge in [-0.3, -0.25) is 14.4 Å². The van der Waals surface area contributed by atoms with Gasteiger partial charge in [-0.1, -0.05) is 23.1 Å². The minimum Gasteiger partial charge on any atom is -0.481 e. The summed E-state index contributed by atoms with van der Waals surface area (Å²) in [5.74, 6) is -1.59. The maximum Gasteiger partial charge on any atom is 0.309 e. The van der Waals surface area contributed by atoms with Crippen LogP contribution in [0, 0.1) is 12.8 Å². The van der Waals surface area contributed by atoms with Crippen LogP contribution >= 0.6 is 23.1 Å². The Hall–Kier alpha value is -1.68.